The minimum atomic E-state index is 0.405. The number of rotatable bonds is 2. The number of imidazole rings is 1. The molecule has 2 heteroatoms. The molecule has 1 aromatic heterocycles. The number of hydrogen-bond donors (Lipinski definition) is 0. The molecule has 1 unspecified atom stereocenters. The van der Waals surface area contributed by atoms with Crippen molar-refractivity contribution < 1.29 is 0 Å². The van der Waals surface area contributed by atoms with E-state index in [1.54, 1.807) is 0 Å². The van der Waals surface area contributed by atoms with Crippen LogP contribution in [-0.2, 0) is 6.42 Å². The van der Waals surface area contributed by atoms with Gasteiger partial charge in [-0.15, -0.1) is 0 Å². The Kier molecular flexibility index (Phi) is 3.30. The molecule has 110 valence electrons. The second kappa shape index (κ2) is 5.45. The number of fused-ring (bicyclic) bond motifs is 1. The van der Waals surface area contributed by atoms with E-state index < -0.39 is 0 Å². The lowest BCUT2D eigenvalue weighted by molar-refractivity contribution is 0.458. The fourth-order valence-corrected chi connectivity index (χ4v) is 3.64. The normalized spacial score (nSPS) is 17.2. The van der Waals surface area contributed by atoms with E-state index in [1.807, 2.05) is 12.5 Å². The largest absolute Gasteiger partial charge is 0.327 e. The van der Waals surface area contributed by atoms with E-state index >= 15 is 0 Å². The highest BCUT2D eigenvalue weighted by Crippen LogP contribution is 2.37. The summed E-state index contributed by atoms with van der Waals surface area (Å²) in [5.74, 6) is 0. The topological polar surface area (TPSA) is 17.8 Å². The van der Waals surface area contributed by atoms with Crippen molar-refractivity contribution in [2.75, 3.05) is 0 Å². The molecule has 4 rings (SSSR count). The predicted molar refractivity (Wildman–Crippen MR) is 89.9 cm³/mol. The third kappa shape index (κ3) is 2.16. The summed E-state index contributed by atoms with van der Waals surface area (Å²) < 4.78 is 2.36. The second-order valence-electron chi connectivity index (χ2n) is 6.10. The van der Waals surface area contributed by atoms with Gasteiger partial charge in [-0.1, -0.05) is 48.5 Å². The molecule has 0 amide bonds. The van der Waals surface area contributed by atoms with Gasteiger partial charge in [0.05, 0.1) is 12.4 Å². The van der Waals surface area contributed by atoms with E-state index in [1.165, 1.54) is 40.8 Å². The van der Waals surface area contributed by atoms with Crippen molar-refractivity contribution in [3.05, 3.63) is 77.9 Å². The van der Waals surface area contributed by atoms with Crippen molar-refractivity contribution >= 4 is 0 Å². The lowest BCUT2D eigenvalue weighted by Crippen LogP contribution is -2.18. The monoisotopic (exact) mass is 288 g/mol. The van der Waals surface area contributed by atoms with Gasteiger partial charge in [0.25, 0.3) is 0 Å². The molecule has 0 bridgehead atoms. The van der Waals surface area contributed by atoms with Crippen molar-refractivity contribution in [2.24, 2.45) is 0 Å². The van der Waals surface area contributed by atoms with E-state index in [0.29, 0.717) is 6.04 Å². The van der Waals surface area contributed by atoms with Crippen LogP contribution in [0.2, 0.25) is 0 Å². The van der Waals surface area contributed by atoms with Crippen LogP contribution in [0.5, 0.6) is 0 Å². The van der Waals surface area contributed by atoms with Crippen LogP contribution < -0.4 is 0 Å². The minimum Gasteiger partial charge on any atom is -0.327 e. The van der Waals surface area contributed by atoms with E-state index in [2.05, 4.69) is 65.0 Å². The zero-order valence-corrected chi connectivity index (χ0v) is 12.9. The zero-order chi connectivity index (χ0) is 14.9. The molecular weight excluding hydrogens is 268 g/mol. The number of nitrogens with zero attached hydrogens (tertiary/aromatic N) is 2. The Morgan fingerprint density at radius 1 is 1.00 bits per heavy atom. The summed E-state index contributed by atoms with van der Waals surface area (Å²) in [5, 5.41) is 0. The molecule has 3 aromatic rings. The molecule has 1 atom stereocenters. The number of benzene rings is 2. The highest BCUT2D eigenvalue weighted by atomic mass is 15.1. The summed E-state index contributed by atoms with van der Waals surface area (Å²) in [6, 6.07) is 17.9. The molecule has 1 aliphatic heterocycles. The molecule has 0 radical (unpaired) electrons. The second-order valence-corrected chi connectivity index (χ2v) is 6.10. The summed E-state index contributed by atoms with van der Waals surface area (Å²) in [7, 11) is 0. The Labute approximate surface area is 131 Å². The van der Waals surface area contributed by atoms with Crippen LogP contribution in [0.15, 0.2) is 61.1 Å². The Bertz CT molecular complexity index is 801. The lowest BCUT2D eigenvalue weighted by atomic mass is 9.88. The predicted octanol–water partition coefficient (Wildman–Crippen LogP) is 4.78. The van der Waals surface area contributed by atoms with E-state index in [-0.39, 0.29) is 0 Å². The number of aromatic nitrogens is 2. The first kappa shape index (κ1) is 13.3. The van der Waals surface area contributed by atoms with Gasteiger partial charge >= 0.3 is 0 Å². The third-order valence-electron chi connectivity index (χ3n) is 4.75. The van der Waals surface area contributed by atoms with Crippen LogP contribution in [0, 0.1) is 6.92 Å². The van der Waals surface area contributed by atoms with E-state index in [4.69, 9.17) is 0 Å². The van der Waals surface area contributed by atoms with Crippen molar-refractivity contribution in [1.82, 2.24) is 9.55 Å². The molecule has 2 heterocycles. The average Bonchev–Trinajstić information content (AvgIpc) is 3.04. The average molecular weight is 288 g/mol. The number of hydrogen-bond acceptors (Lipinski definition) is 1. The van der Waals surface area contributed by atoms with Crippen molar-refractivity contribution in [2.45, 2.75) is 32.2 Å². The van der Waals surface area contributed by atoms with Crippen LogP contribution in [0.25, 0.3) is 11.1 Å². The van der Waals surface area contributed by atoms with Crippen LogP contribution in [0.3, 0.4) is 0 Å². The molecule has 0 saturated heterocycles. The van der Waals surface area contributed by atoms with E-state index in [0.717, 1.165) is 6.42 Å². The van der Waals surface area contributed by atoms with Crippen molar-refractivity contribution in [1.29, 1.82) is 0 Å². The third-order valence-corrected chi connectivity index (χ3v) is 4.75. The van der Waals surface area contributed by atoms with Crippen LogP contribution in [0.1, 0.15) is 35.7 Å². The van der Waals surface area contributed by atoms with Gasteiger partial charge in [0.2, 0.25) is 0 Å². The molecule has 0 aliphatic carbocycles. The van der Waals surface area contributed by atoms with Crippen LogP contribution >= 0.6 is 0 Å². The quantitative estimate of drug-likeness (QED) is 0.663. The molecular formula is C20H20N2. The fraction of sp³-hybridized carbons (Fsp3) is 0.250. The van der Waals surface area contributed by atoms with Gasteiger partial charge in [0, 0.05) is 11.9 Å². The maximum Gasteiger partial charge on any atom is 0.0953 e. The van der Waals surface area contributed by atoms with Gasteiger partial charge in [-0.2, -0.15) is 0 Å². The molecule has 2 nitrogen and oxygen atoms in total. The molecule has 0 saturated carbocycles. The molecule has 2 aromatic carbocycles. The molecule has 0 spiro atoms. The Hall–Kier alpha value is -2.35. The summed E-state index contributed by atoms with van der Waals surface area (Å²) in [6.45, 7) is 2.19. The first-order valence-electron chi connectivity index (χ1n) is 8.00. The fourth-order valence-electron chi connectivity index (χ4n) is 3.64. The summed E-state index contributed by atoms with van der Waals surface area (Å²) >= 11 is 0. The molecule has 1 aliphatic rings. The van der Waals surface area contributed by atoms with Crippen LogP contribution in [0.4, 0.5) is 0 Å². The Balaban J connectivity index is 1.87. The van der Waals surface area contributed by atoms with Crippen molar-refractivity contribution in [3.63, 3.8) is 0 Å². The van der Waals surface area contributed by atoms with Crippen LogP contribution in [-0.4, -0.2) is 9.55 Å². The van der Waals surface area contributed by atoms with E-state index in [9.17, 15) is 0 Å². The summed E-state index contributed by atoms with van der Waals surface area (Å²) in [4.78, 5) is 4.36. The molecule has 0 fully saturated rings. The summed E-state index contributed by atoms with van der Waals surface area (Å²) in [6.07, 6.45) is 7.57. The van der Waals surface area contributed by atoms with Crippen molar-refractivity contribution in [3.8, 4) is 11.1 Å². The highest BCUT2D eigenvalue weighted by Gasteiger charge is 2.23. The maximum atomic E-state index is 4.36. The number of aryl methyl sites for hydroxylation is 2. The van der Waals surface area contributed by atoms with Gasteiger partial charge in [-0.25, -0.2) is 4.98 Å². The lowest BCUT2D eigenvalue weighted by Gasteiger charge is -2.28. The first-order valence-corrected chi connectivity index (χ1v) is 8.00. The Morgan fingerprint density at radius 3 is 2.64 bits per heavy atom. The smallest absolute Gasteiger partial charge is 0.0953 e. The molecule has 0 N–H and O–H groups in total. The Morgan fingerprint density at radius 2 is 1.77 bits per heavy atom. The van der Waals surface area contributed by atoms with Gasteiger partial charge < -0.3 is 4.57 Å². The highest BCUT2D eigenvalue weighted by molar-refractivity contribution is 5.71. The van der Waals surface area contributed by atoms with Gasteiger partial charge in [0.1, 0.15) is 0 Å². The SMILES string of the molecule is Cc1ccccc1-c1ccccc1C1CCCc2cncn21. The summed E-state index contributed by atoms with van der Waals surface area (Å²) in [5.41, 5.74) is 6.79. The zero-order valence-electron chi connectivity index (χ0n) is 12.9. The molecule has 22 heavy (non-hydrogen) atoms. The van der Waals surface area contributed by atoms with Gasteiger partial charge in [0.15, 0.2) is 0 Å². The van der Waals surface area contributed by atoms with Gasteiger partial charge in [-0.3, -0.25) is 0 Å². The minimum absolute atomic E-state index is 0.405. The first-order chi connectivity index (χ1) is 10.8. The standard InChI is InChI=1S/C20H20N2/c1-15-7-2-3-9-17(15)18-10-4-5-11-19(18)20-12-6-8-16-13-21-14-22(16)20/h2-5,7,9-11,13-14,20H,6,8,12H2,1H3. The maximum absolute atomic E-state index is 4.36. The van der Waals surface area contributed by atoms with Gasteiger partial charge in [-0.05, 0) is 48.4 Å².